The molecule has 19 heavy (non-hydrogen) atoms. The summed E-state index contributed by atoms with van der Waals surface area (Å²) in [6.07, 6.45) is 4.18. The van der Waals surface area contributed by atoms with Crippen molar-refractivity contribution >= 4 is 6.29 Å². The smallest absolute Gasteiger partial charge is 0.144 e. The van der Waals surface area contributed by atoms with Crippen molar-refractivity contribution in [1.29, 1.82) is 0 Å². The standard InChI is InChI=1S/C17H17NO/c19-13-7-12-18(14-16-8-3-1-4-9-16)15-17-10-5-2-6-11-17/h1-13H,14-15H2/b12-7+. The van der Waals surface area contributed by atoms with Crippen molar-refractivity contribution in [1.82, 2.24) is 4.90 Å². The average molecular weight is 251 g/mol. The Morgan fingerprint density at radius 2 is 1.26 bits per heavy atom. The van der Waals surface area contributed by atoms with Crippen molar-refractivity contribution in [3.05, 3.63) is 84.1 Å². The van der Waals surface area contributed by atoms with Crippen LogP contribution in [0.4, 0.5) is 0 Å². The molecule has 0 spiro atoms. The van der Waals surface area contributed by atoms with Gasteiger partial charge in [0, 0.05) is 19.3 Å². The molecule has 0 aromatic heterocycles. The quantitative estimate of drug-likeness (QED) is 0.579. The van der Waals surface area contributed by atoms with Gasteiger partial charge in [0.1, 0.15) is 6.29 Å². The van der Waals surface area contributed by atoms with E-state index in [-0.39, 0.29) is 0 Å². The van der Waals surface area contributed by atoms with Gasteiger partial charge in [-0.15, -0.1) is 0 Å². The van der Waals surface area contributed by atoms with Gasteiger partial charge in [-0.2, -0.15) is 0 Å². The molecule has 0 saturated heterocycles. The zero-order chi connectivity index (χ0) is 13.3. The van der Waals surface area contributed by atoms with Crippen LogP contribution >= 0.6 is 0 Å². The van der Waals surface area contributed by atoms with Crippen molar-refractivity contribution in [2.24, 2.45) is 0 Å². The van der Waals surface area contributed by atoms with Crippen LogP contribution in [0.25, 0.3) is 0 Å². The average Bonchev–Trinajstić information content (AvgIpc) is 2.47. The van der Waals surface area contributed by atoms with Gasteiger partial charge >= 0.3 is 0 Å². The number of aldehydes is 1. The lowest BCUT2D eigenvalue weighted by atomic mass is 10.2. The molecule has 0 radical (unpaired) electrons. The molecular weight excluding hydrogens is 234 g/mol. The molecule has 0 amide bonds. The highest BCUT2D eigenvalue weighted by molar-refractivity contribution is 5.64. The van der Waals surface area contributed by atoms with Crippen LogP contribution in [0.2, 0.25) is 0 Å². The van der Waals surface area contributed by atoms with E-state index in [1.165, 1.54) is 17.2 Å². The Balaban J connectivity index is 2.08. The van der Waals surface area contributed by atoms with Crippen LogP contribution in [-0.4, -0.2) is 11.2 Å². The van der Waals surface area contributed by atoms with Gasteiger partial charge in [-0.3, -0.25) is 4.79 Å². The number of allylic oxidation sites excluding steroid dienone is 1. The van der Waals surface area contributed by atoms with E-state index in [1.807, 2.05) is 42.6 Å². The van der Waals surface area contributed by atoms with Crippen LogP contribution in [0.15, 0.2) is 72.9 Å². The third-order valence-corrected chi connectivity index (χ3v) is 2.83. The van der Waals surface area contributed by atoms with Crippen LogP contribution < -0.4 is 0 Å². The van der Waals surface area contributed by atoms with E-state index in [0.29, 0.717) is 0 Å². The number of hydrogen-bond donors (Lipinski definition) is 0. The van der Waals surface area contributed by atoms with Gasteiger partial charge in [-0.05, 0) is 17.2 Å². The molecule has 2 aromatic rings. The summed E-state index contributed by atoms with van der Waals surface area (Å²) in [4.78, 5) is 12.6. The molecule has 96 valence electrons. The van der Waals surface area contributed by atoms with Crippen molar-refractivity contribution in [2.45, 2.75) is 13.1 Å². The Hall–Kier alpha value is -2.35. The first-order valence-electron chi connectivity index (χ1n) is 6.32. The molecule has 2 heteroatoms. The zero-order valence-corrected chi connectivity index (χ0v) is 10.8. The lowest BCUT2D eigenvalue weighted by Gasteiger charge is -2.20. The molecule has 0 saturated carbocycles. The Labute approximate surface area is 114 Å². The summed E-state index contributed by atoms with van der Waals surface area (Å²) >= 11 is 0. The first-order chi connectivity index (χ1) is 9.38. The molecule has 2 rings (SSSR count). The molecule has 0 N–H and O–H groups in total. The van der Waals surface area contributed by atoms with Gasteiger partial charge in [0.25, 0.3) is 0 Å². The molecule has 0 heterocycles. The van der Waals surface area contributed by atoms with Crippen molar-refractivity contribution in [3.63, 3.8) is 0 Å². The van der Waals surface area contributed by atoms with E-state index in [9.17, 15) is 4.79 Å². The number of carbonyl (C=O) groups excluding carboxylic acids is 1. The monoisotopic (exact) mass is 251 g/mol. The summed E-state index contributed by atoms with van der Waals surface area (Å²) in [5.41, 5.74) is 2.46. The van der Waals surface area contributed by atoms with Gasteiger partial charge < -0.3 is 4.90 Å². The molecule has 2 aromatic carbocycles. The van der Waals surface area contributed by atoms with E-state index < -0.39 is 0 Å². The summed E-state index contributed by atoms with van der Waals surface area (Å²) in [5.74, 6) is 0. The van der Waals surface area contributed by atoms with E-state index in [1.54, 1.807) is 0 Å². The van der Waals surface area contributed by atoms with Crippen molar-refractivity contribution in [3.8, 4) is 0 Å². The van der Waals surface area contributed by atoms with E-state index >= 15 is 0 Å². The highest BCUT2D eigenvalue weighted by atomic mass is 16.1. The van der Waals surface area contributed by atoms with Crippen molar-refractivity contribution < 1.29 is 4.79 Å². The third kappa shape index (κ3) is 4.43. The minimum Gasteiger partial charge on any atom is -0.369 e. The second kappa shape index (κ2) is 7.17. The molecule has 0 aliphatic carbocycles. The molecule has 0 unspecified atom stereocenters. The second-order valence-corrected chi connectivity index (χ2v) is 4.35. The molecule has 0 bridgehead atoms. The maximum absolute atomic E-state index is 10.5. The van der Waals surface area contributed by atoms with Gasteiger partial charge in [-0.1, -0.05) is 60.7 Å². The number of nitrogens with zero attached hydrogens (tertiary/aromatic N) is 1. The summed E-state index contributed by atoms with van der Waals surface area (Å²) in [6, 6.07) is 20.5. The number of carbonyl (C=O) groups is 1. The Morgan fingerprint density at radius 1 is 0.789 bits per heavy atom. The van der Waals surface area contributed by atoms with Gasteiger partial charge in [0.15, 0.2) is 0 Å². The number of rotatable bonds is 6. The Bertz CT molecular complexity index is 478. The van der Waals surface area contributed by atoms with E-state index in [4.69, 9.17) is 0 Å². The van der Waals surface area contributed by atoms with Crippen LogP contribution in [-0.2, 0) is 17.9 Å². The summed E-state index contributed by atoms with van der Waals surface area (Å²) in [5, 5.41) is 0. The lowest BCUT2D eigenvalue weighted by molar-refractivity contribution is -0.104. The Kier molecular flexibility index (Phi) is 4.94. The third-order valence-electron chi connectivity index (χ3n) is 2.83. The van der Waals surface area contributed by atoms with Gasteiger partial charge in [0.05, 0.1) is 0 Å². The minimum atomic E-state index is 0.792. The fourth-order valence-corrected chi connectivity index (χ4v) is 1.95. The first kappa shape index (κ1) is 13.1. The molecule has 0 fully saturated rings. The van der Waals surface area contributed by atoms with Crippen LogP contribution in [0.5, 0.6) is 0 Å². The first-order valence-corrected chi connectivity index (χ1v) is 6.32. The lowest BCUT2D eigenvalue weighted by Crippen LogP contribution is -2.16. The Morgan fingerprint density at radius 3 is 1.68 bits per heavy atom. The summed E-state index contributed by atoms with van der Waals surface area (Å²) < 4.78 is 0. The van der Waals surface area contributed by atoms with Crippen LogP contribution in [0.1, 0.15) is 11.1 Å². The molecular formula is C17H17NO. The SMILES string of the molecule is O=C/C=C/N(Cc1ccccc1)Cc1ccccc1. The maximum atomic E-state index is 10.5. The number of benzene rings is 2. The van der Waals surface area contributed by atoms with E-state index in [0.717, 1.165) is 19.4 Å². The summed E-state index contributed by atoms with van der Waals surface area (Å²) in [7, 11) is 0. The molecule has 2 nitrogen and oxygen atoms in total. The summed E-state index contributed by atoms with van der Waals surface area (Å²) in [6.45, 7) is 1.58. The molecule has 0 aliphatic rings. The van der Waals surface area contributed by atoms with Gasteiger partial charge in [-0.25, -0.2) is 0 Å². The minimum absolute atomic E-state index is 0.792. The van der Waals surface area contributed by atoms with Crippen molar-refractivity contribution in [2.75, 3.05) is 0 Å². The zero-order valence-electron chi connectivity index (χ0n) is 10.8. The molecule has 0 atom stereocenters. The van der Waals surface area contributed by atoms with Crippen LogP contribution in [0, 0.1) is 0 Å². The fourth-order valence-electron chi connectivity index (χ4n) is 1.95. The second-order valence-electron chi connectivity index (χ2n) is 4.35. The highest BCUT2D eigenvalue weighted by Gasteiger charge is 2.02. The fraction of sp³-hybridized carbons (Fsp3) is 0.118. The van der Waals surface area contributed by atoms with Gasteiger partial charge in [0.2, 0.25) is 0 Å². The maximum Gasteiger partial charge on any atom is 0.144 e. The predicted molar refractivity (Wildman–Crippen MR) is 77.3 cm³/mol. The number of hydrogen-bond acceptors (Lipinski definition) is 2. The highest BCUT2D eigenvalue weighted by Crippen LogP contribution is 2.10. The van der Waals surface area contributed by atoms with Crippen LogP contribution in [0.3, 0.4) is 0 Å². The normalized spacial score (nSPS) is 10.5. The topological polar surface area (TPSA) is 20.3 Å². The predicted octanol–water partition coefficient (Wildman–Crippen LogP) is 3.40. The molecule has 0 aliphatic heterocycles. The van der Waals surface area contributed by atoms with E-state index in [2.05, 4.69) is 29.2 Å². The largest absolute Gasteiger partial charge is 0.369 e.